The third-order valence-corrected chi connectivity index (χ3v) is 3.98. The van der Waals surface area contributed by atoms with Gasteiger partial charge in [0.1, 0.15) is 5.82 Å². The molecule has 0 radical (unpaired) electrons. The molecule has 0 saturated heterocycles. The molecule has 0 atom stereocenters. The minimum Gasteiger partial charge on any atom is -0.326 e. The average Bonchev–Trinajstić information content (AvgIpc) is 2.79. The smallest absolute Gasteiger partial charge is 0.307 e. The Balaban J connectivity index is 2.02. The molecule has 0 fully saturated rings. The van der Waals surface area contributed by atoms with Crippen LogP contribution in [-0.4, -0.2) is 16.4 Å². The lowest BCUT2D eigenvalue weighted by Crippen LogP contribution is -2.20. The Bertz CT molecular complexity index is 798. The van der Waals surface area contributed by atoms with Crippen molar-refractivity contribution in [2.45, 2.75) is 26.8 Å². The SMILES string of the molecule is CC(=O)Nc1ccc(F)c(NC(=O)CCn2c(C)csc2=O)c1. The van der Waals surface area contributed by atoms with Crippen molar-refractivity contribution in [3.8, 4) is 0 Å². The summed E-state index contributed by atoms with van der Waals surface area (Å²) >= 11 is 1.07. The Hall–Kier alpha value is -2.48. The number of anilines is 2. The quantitative estimate of drug-likeness (QED) is 0.879. The number of amides is 2. The van der Waals surface area contributed by atoms with Gasteiger partial charge in [-0.05, 0) is 25.1 Å². The van der Waals surface area contributed by atoms with Crippen LogP contribution in [0.2, 0.25) is 0 Å². The molecule has 0 aliphatic heterocycles. The number of hydrogen-bond donors (Lipinski definition) is 2. The highest BCUT2D eigenvalue weighted by molar-refractivity contribution is 7.07. The van der Waals surface area contributed by atoms with Crippen LogP contribution in [0.5, 0.6) is 0 Å². The van der Waals surface area contributed by atoms with Crippen LogP contribution in [0.25, 0.3) is 0 Å². The van der Waals surface area contributed by atoms with Crippen molar-refractivity contribution in [2.75, 3.05) is 10.6 Å². The normalized spacial score (nSPS) is 10.4. The number of aryl methyl sites for hydroxylation is 1. The van der Waals surface area contributed by atoms with Crippen molar-refractivity contribution >= 4 is 34.5 Å². The maximum atomic E-state index is 13.7. The fourth-order valence-corrected chi connectivity index (χ4v) is 2.76. The van der Waals surface area contributed by atoms with E-state index in [9.17, 15) is 18.8 Å². The zero-order chi connectivity index (χ0) is 17.0. The molecule has 0 bridgehead atoms. The van der Waals surface area contributed by atoms with Crippen LogP contribution in [0.15, 0.2) is 28.4 Å². The molecular weight excluding hydrogens is 321 g/mol. The van der Waals surface area contributed by atoms with Crippen molar-refractivity contribution in [2.24, 2.45) is 0 Å². The van der Waals surface area contributed by atoms with Crippen molar-refractivity contribution in [3.63, 3.8) is 0 Å². The van der Waals surface area contributed by atoms with E-state index in [1.54, 1.807) is 12.3 Å². The summed E-state index contributed by atoms with van der Waals surface area (Å²) in [7, 11) is 0. The number of thiazole rings is 1. The van der Waals surface area contributed by atoms with Gasteiger partial charge in [-0.2, -0.15) is 0 Å². The zero-order valence-corrected chi connectivity index (χ0v) is 13.5. The van der Waals surface area contributed by atoms with Crippen LogP contribution >= 0.6 is 11.3 Å². The van der Waals surface area contributed by atoms with E-state index in [0.29, 0.717) is 5.69 Å². The van der Waals surface area contributed by atoms with E-state index >= 15 is 0 Å². The Morgan fingerprint density at radius 3 is 2.65 bits per heavy atom. The second kappa shape index (κ2) is 7.19. The van der Waals surface area contributed by atoms with E-state index < -0.39 is 11.7 Å². The molecule has 1 aromatic heterocycles. The first-order valence-electron chi connectivity index (χ1n) is 6.88. The number of hydrogen-bond acceptors (Lipinski definition) is 4. The third kappa shape index (κ3) is 4.49. The summed E-state index contributed by atoms with van der Waals surface area (Å²) in [6.45, 7) is 3.35. The lowest BCUT2D eigenvalue weighted by atomic mass is 10.2. The number of carbonyl (C=O) groups is 2. The van der Waals surface area contributed by atoms with Gasteiger partial charge in [0.25, 0.3) is 0 Å². The summed E-state index contributed by atoms with van der Waals surface area (Å²) in [6, 6.07) is 3.91. The molecule has 1 heterocycles. The second-order valence-corrected chi connectivity index (χ2v) is 5.79. The average molecular weight is 337 g/mol. The van der Waals surface area contributed by atoms with E-state index in [0.717, 1.165) is 23.1 Å². The van der Waals surface area contributed by atoms with Crippen LogP contribution in [0.4, 0.5) is 15.8 Å². The first-order valence-corrected chi connectivity index (χ1v) is 7.76. The molecule has 6 nitrogen and oxygen atoms in total. The lowest BCUT2D eigenvalue weighted by Gasteiger charge is -2.09. The molecular formula is C15H16FN3O3S. The van der Waals surface area contributed by atoms with Gasteiger partial charge in [-0.15, -0.1) is 0 Å². The summed E-state index contributed by atoms with van der Waals surface area (Å²) in [6.07, 6.45) is 0.0429. The summed E-state index contributed by atoms with van der Waals surface area (Å²) < 4.78 is 15.2. The number of halogens is 1. The van der Waals surface area contributed by atoms with Gasteiger partial charge in [0, 0.05) is 36.7 Å². The van der Waals surface area contributed by atoms with Gasteiger partial charge in [-0.3, -0.25) is 14.4 Å². The van der Waals surface area contributed by atoms with Crippen LogP contribution in [0, 0.1) is 12.7 Å². The third-order valence-electron chi connectivity index (χ3n) is 3.10. The molecule has 2 N–H and O–H groups in total. The number of aromatic nitrogens is 1. The van der Waals surface area contributed by atoms with Crippen LogP contribution in [0.3, 0.4) is 0 Å². The molecule has 0 spiro atoms. The highest BCUT2D eigenvalue weighted by Crippen LogP contribution is 2.20. The van der Waals surface area contributed by atoms with Gasteiger partial charge in [0.2, 0.25) is 11.8 Å². The van der Waals surface area contributed by atoms with E-state index in [1.807, 2.05) is 0 Å². The zero-order valence-electron chi connectivity index (χ0n) is 12.7. The fraction of sp³-hybridized carbons (Fsp3) is 0.267. The summed E-state index contributed by atoms with van der Waals surface area (Å²) in [5.74, 6) is -1.31. The molecule has 0 aliphatic rings. The van der Waals surface area contributed by atoms with Crippen LogP contribution in [-0.2, 0) is 16.1 Å². The highest BCUT2D eigenvalue weighted by atomic mass is 32.1. The van der Waals surface area contributed by atoms with Gasteiger partial charge >= 0.3 is 4.87 Å². The van der Waals surface area contributed by atoms with Crippen molar-refractivity contribution < 1.29 is 14.0 Å². The maximum absolute atomic E-state index is 13.7. The molecule has 2 rings (SSSR count). The number of rotatable bonds is 5. The summed E-state index contributed by atoms with van der Waals surface area (Å²) in [4.78, 5) is 34.4. The Morgan fingerprint density at radius 1 is 1.30 bits per heavy atom. The lowest BCUT2D eigenvalue weighted by molar-refractivity contribution is -0.116. The molecule has 1 aromatic carbocycles. The van der Waals surface area contributed by atoms with Gasteiger partial charge in [-0.1, -0.05) is 11.3 Å². The number of benzene rings is 1. The van der Waals surface area contributed by atoms with Crippen molar-refractivity contribution in [1.82, 2.24) is 4.57 Å². The first kappa shape index (κ1) is 16.9. The predicted octanol–water partition coefficient (Wildman–Crippen LogP) is 2.34. The van der Waals surface area contributed by atoms with Crippen molar-refractivity contribution in [1.29, 1.82) is 0 Å². The largest absolute Gasteiger partial charge is 0.326 e. The molecule has 0 unspecified atom stereocenters. The molecule has 2 amide bonds. The van der Waals surface area contributed by atoms with E-state index in [4.69, 9.17) is 0 Å². The standard InChI is InChI=1S/C15H16FN3O3S/c1-9-8-23-15(22)19(9)6-5-14(21)18-13-7-11(17-10(2)20)3-4-12(13)16/h3-4,7-8H,5-6H2,1-2H3,(H,17,20)(H,18,21). The predicted molar refractivity (Wildman–Crippen MR) is 87.3 cm³/mol. The second-order valence-electron chi connectivity index (χ2n) is 4.97. The van der Waals surface area contributed by atoms with Gasteiger partial charge < -0.3 is 15.2 Å². The summed E-state index contributed by atoms with van der Waals surface area (Å²) in [5, 5.41) is 6.68. The Labute approximate surface area is 135 Å². The number of carbonyl (C=O) groups excluding carboxylic acids is 2. The molecule has 122 valence electrons. The van der Waals surface area contributed by atoms with Gasteiger partial charge in [0.05, 0.1) is 5.69 Å². The van der Waals surface area contributed by atoms with Gasteiger partial charge in [0.15, 0.2) is 0 Å². The first-order chi connectivity index (χ1) is 10.9. The number of nitrogens with zero attached hydrogens (tertiary/aromatic N) is 1. The molecule has 2 aromatic rings. The molecule has 0 aliphatic carbocycles. The Morgan fingerprint density at radius 2 is 2.04 bits per heavy atom. The molecule has 23 heavy (non-hydrogen) atoms. The molecule has 8 heteroatoms. The molecule has 0 saturated carbocycles. The van der Waals surface area contributed by atoms with Crippen LogP contribution < -0.4 is 15.5 Å². The minimum absolute atomic E-state index is 0.0179. The van der Waals surface area contributed by atoms with Crippen LogP contribution in [0.1, 0.15) is 19.0 Å². The minimum atomic E-state index is -0.601. The fourth-order valence-electron chi connectivity index (χ4n) is 2.00. The highest BCUT2D eigenvalue weighted by Gasteiger charge is 2.10. The Kier molecular flexibility index (Phi) is 5.28. The van der Waals surface area contributed by atoms with E-state index in [-0.39, 0.29) is 29.4 Å². The van der Waals surface area contributed by atoms with Crippen molar-refractivity contribution in [3.05, 3.63) is 44.8 Å². The van der Waals surface area contributed by atoms with E-state index in [1.165, 1.54) is 23.6 Å². The van der Waals surface area contributed by atoms with Gasteiger partial charge in [-0.25, -0.2) is 4.39 Å². The topological polar surface area (TPSA) is 80.2 Å². The summed E-state index contributed by atoms with van der Waals surface area (Å²) in [5.41, 5.74) is 1.15. The monoisotopic (exact) mass is 337 g/mol. The van der Waals surface area contributed by atoms with E-state index in [2.05, 4.69) is 10.6 Å². The number of nitrogens with one attached hydrogen (secondary N) is 2. The maximum Gasteiger partial charge on any atom is 0.307 e.